The number of amides is 1. The zero-order valence-corrected chi connectivity index (χ0v) is 18.2. The highest BCUT2D eigenvalue weighted by Crippen LogP contribution is 2.11. The summed E-state index contributed by atoms with van der Waals surface area (Å²) in [5.41, 5.74) is 6.61. The highest BCUT2D eigenvalue weighted by Gasteiger charge is 2.22. The van der Waals surface area contributed by atoms with Crippen molar-refractivity contribution in [3.8, 4) is 0 Å². The van der Waals surface area contributed by atoms with Crippen molar-refractivity contribution < 1.29 is 13.6 Å². The average molecular weight is 397 g/mol. The van der Waals surface area contributed by atoms with Crippen LogP contribution in [0.1, 0.15) is 76.2 Å². The van der Waals surface area contributed by atoms with E-state index in [1.54, 1.807) is 6.07 Å². The van der Waals surface area contributed by atoms with Crippen LogP contribution < -0.4 is 21.5 Å². The molecule has 0 radical (unpaired) electrons. The second-order valence-corrected chi connectivity index (χ2v) is 7.45. The van der Waals surface area contributed by atoms with Crippen LogP contribution in [0.25, 0.3) is 12.7 Å². The van der Waals surface area contributed by atoms with Crippen molar-refractivity contribution in [3.05, 3.63) is 33.7 Å². The largest absolute Gasteiger partial charge is 0.346 e. The lowest BCUT2D eigenvalue weighted by Crippen LogP contribution is -2.36. The Morgan fingerprint density at radius 1 is 1.29 bits per heavy atom. The summed E-state index contributed by atoms with van der Waals surface area (Å²) in [6.45, 7) is 13.4. The highest BCUT2D eigenvalue weighted by molar-refractivity contribution is 5.95. The zero-order chi connectivity index (χ0) is 21.7. The molecule has 1 aromatic carbocycles. The van der Waals surface area contributed by atoms with Gasteiger partial charge in [0.05, 0.1) is 6.54 Å². The van der Waals surface area contributed by atoms with Gasteiger partial charge in [-0.05, 0) is 47.4 Å². The first kappa shape index (κ1) is 26.2. The number of nitrogens with one attached hydrogen (secondary N) is 1. The molecule has 3 N–H and O–H groups in total. The molecule has 0 aromatic heterocycles. The lowest BCUT2D eigenvalue weighted by Gasteiger charge is -2.14. The minimum Gasteiger partial charge on any atom is -0.346 e. The highest BCUT2D eigenvalue weighted by atomic mass is 19.3. The zero-order valence-electron chi connectivity index (χ0n) is 18.2. The van der Waals surface area contributed by atoms with Crippen molar-refractivity contribution in [2.24, 2.45) is 11.7 Å². The molecule has 1 unspecified atom stereocenters. The maximum absolute atomic E-state index is 12.9. The molecule has 1 aromatic rings. The summed E-state index contributed by atoms with van der Waals surface area (Å²) in [5, 5.41) is 4.09. The average Bonchev–Trinajstić information content (AvgIpc) is 2.65. The molecule has 0 aliphatic heterocycles. The third-order valence-corrected chi connectivity index (χ3v) is 4.44. The Morgan fingerprint density at radius 3 is 2.36 bits per heavy atom. The normalized spacial score (nSPS) is 12.9. The predicted molar refractivity (Wildman–Crippen MR) is 116 cm³/mol. The molecule has 0 fully saturated rings. The first-order valence-electron chi connectivity index (χ1n) is 10.3. The van der Waals surface area contributed by atoms with Gasteiger partial charge in [0.15, 0.2) is 0 Å². The topological polar surface area (TPSA) is 55.1 Å². The molecule has 0 aliphatic carbocycles. The van der Waals surface area contributed by atoms with Crippen LogP contribution in [0.15, 0.2) is 12.1 Å². The molecular formula is C23H38F2N2O. The molecule has 1 atom stereocenters. The van der Waals surface area contributed by atoms with Gasteiger partial charge in [0.1, 0.15) is 0 Å². The van der Waals surface area contributed by atoms with Crippen LogP contribution in [-0.4, -0.2) is 24.9 Å². The standard InChI is InChI=1S/C18H25F2NO.C5H13N/c1-5-7-9-14-11-16(15(8-6-2)10-13(14)3)17(22)21-12-18(4,19)20;1-3-5(2)4-6/h9-11H,3,5-8,12H2,1-2,4H3,(H,21,22);5H,3-4,6H2,1-2H3/b14-9-;. The van der Waals surface area contributed by atoms with E-state index in [2.05, 4.69) is 32.7 Å². The Bertz CT molecular complexity index is 692. The van der Waals surface area contributed by atoms with Gasteiger partial charge in [0.25, 0.3) is 11.8 Å². The Hall–Kier alpha value is -1.75. The molecule has 160 valence electrons. The first-order valence-corrected chi connectivity index (χ1v) is 10.3. The molecule has 0 bridgehead atoms. The maximum atomic E-state index is 12.9. The van der Waals surface area contributed by atoms with Crippen molar-refractivity contribution in [2.45, 2.75) is 72.6 Å². The van der Waals surface area contributed by atoms with E-state index in [4.69, 9.17) is 5.73 Å². The van der Waals surface area contributed by atoms with Crippen LogP contribution in [-0.2, 0) is 6.42 Å². The van der Waals surface area contributed by atoms with Gasteiger partial charge < -0.3 is 11.1 Å². The maximum Gasteiger partial charge on any atom is 0.262 e. The summed E-state index contributed by atoms with van der Waals surface area (Å²) < 4.78 is 25.9. The minimum atomic E-state index is -2.91. The Morgan fingerprint density at radius 2 is 1.93 bits per heavy atom. The molecule has 28 heavy (non-hydrogen) atoms. The van der Waals surface area contributed by atoms with E-state index in [0.29, 0.717) is 11.5 Å². The molecule has 0 saturated carbocycles. The van der Waals surface area contributed by atoms with Crippen molar-refractivity contribution in [3.63, 3.8) is 0 Å². The molecule has 0 aliphatic rings. The smallest absolute Gasteiger partial charge is 0.262 e. The van der Waals surface area contributed by atoms with Crippen LogP contribution in [0.3, 0.4) is 0 Å². The molecule has 1 amide bonds. The Labute approximate surface area is 169 Å². The summed E-state index contributed by atoms with van der Waals surface area (Å²) in [7, 11) is 0. The fourth-order valence-electron chi connectivity index (χ4n) is 2.39. The lowest BCUT2D eigenvalue weighted by atomic mass is 9.99. The monoisotopic (exact) mass is 396 g/mol. The van der Waals surface area contributed by atoms with Crippen LogP contribution in [0.5, 0.6) is 0 Å². The van der Waals surface area contributed by atoms with Crippen LogP contribution in [0.4, 0.5) is 8.78 Å². The number of rotatable bonds is 9. The van der Waals surface area contributed by atoms with E-state index < -0.39 is 18.4 Å². The van der Waals surface area contributed by atoms with Crippen molar-refractivity contribution in [1.29, 1.82) is 0 Å². The molecule has 0 heterocycles. The number of hydrogen-bond donors (Lipinski definition) is 2. The number of aryl methyl sites for hydroxylation is 1. The Kier molecular flexibility index (Phi) is 12.6. The number of unbranched alkanes of at least 4 members (excludes halogenated alkanes) is 1. The second kappa shape index (κ2) is 13.4. The van der Waals surface area contributed by atoms with E-state index in [-0.39, 0.29) is 0 Å². The number of carbonyl (C=O) groups is 1. The van der Waals surface area contributed by atoms with Gasteiger partial charge in [-0.1, -0.05) is 65.7 Å². The van der Waals surface area contributed by atoms with Crippen LogP contribution >= 0.6 is 0 Å². The third kappa shape index (κ3) is 10.5. The number of hydrogen-bond acceptors (Lipinski definition) is 2. The van der Waals surface area contributed by atoms with Crippen molar-refractivity contribution >= 4 is 18.6 Å². The fraction of sp³-hybridized carbons (Fsp3) is 0.609. The van der Waals surface area contributed by atoms with Crippen LogP contribution in [0, 0.1) is 5.92 Å². The quantitative estimate of drug-likeness (QED) is 0.663. The Balaban J connectivity index is 0.00000105. The molecule has 0 spiro atoms. The van der Waals surface area contributed by atoms with E-state index in [9.17, 15) is 13.6 Å². The van der Waals surface area contributed by atoms with Crippen LogP contribution in [0.2, 0.25) is 0 Å². The second-order valence-electron chi connectivity index (χ2n) is 7.45. The number of nitrogens with two attached hydrogens (primary N) is 1. The number of halogens is 2. The fourth-order valence-corrected chi connectivity index (χ4v) is 2.39. The summed E-state index contributed by atoms with van der Waals surface area (Å²) in [6, 6.07) is 3.66. The molecule has 1 rings (SSSR count). The summed E-state index contributed by atoms with van der Waals surface area (Å²) in [4.78, 5) is 12.2. The van der Waals surface area contributed by atoms with Crippen molar-refractivity contribution in [1.82, 2.24) is 5.32 Å². The number of carbonyl (C=O) groups excluding carboxylic acids is 1. The van der Waals surface area contributed by atoms with Gasteiger partial charge in [0.2, 0.25) is 0 Å². The summed E-state index contributed by atoms with van der Waals surface area (Å²) in [6.07, 6.45) is 6.73. The summed E-state index contributed by atoms with van der Waals surface area (Å²) in [5.74, 6) is -2.65. The summed E-state index contributed by atoms with van der Waals surface area (Å²) >= 11 is 0. The lowest BCUT2D eigenvalue weighted by molar-refractivity contribution is 0.0220. The SMILES string of the molecule is C=c1cc(CCC)c(C(=O)NCC(C)(F)F)c/c1=C/CCC.CCC(C)CN. The molecule has 5 heteroatoms. The molecule has 3 nitrogen and oxygen atoms in total. The first-order chi connectivity index (χ1) is 13.1. The third-order valence-electron chi connectivity index (χ3n) is 4.44. The van der Waals surface area contributed by atoms with E-state index in [0.717, 1.165) is 55.2 Å². The number of alkyl halides is 2. The molecular weight excluding hydrogens is 358 g/mol. The number of benzene rings is 1. The minimum absolute atomic E-state index is 0.448. The van der Waals surface area contributed by atoms with E-state index >= 15 is 0 Å². The predicted octanol–water partition coefficient (Wildman–Crippen LogP) is 4.01. The van der Waals surface area contributed by atoms with Gasteiger partial charge >= 0.3 is 0 Å². The molecule has 0 saturated heterocycles. The van der Waals surface area contributed by atoms with Gasteiger partial charge in [-0.15, -0.1) is 0 Å². The van der Waals surface area contributed by atoms with Crippen molar-refractivity contribution in [2.75, 3.05) is 13.1 Å². The van der Waals surface area contributed by atoms with Gasteiger partial charge in [-0.25, -0.2) is 8.78 Å². The van der Waals surface area contributed by atoms with Gasteiger partial charge in [-0.2, -0.15) is 0 Å². The van der Waals surface area contributed by atoms with E-state index in [1.807, 2.05) is 19.1 Å². The van der Waals surface area contributed by atoms with E-state index in [1.165, 1.54) is 6.42 Å². The van der Waals surface area contributed by atoms with Gasteiger partial charge in [-0.3, -0.25) is 4.79 Å². The van der Waals surface area contributed by atoms with Gasteiger partial charge in [0, 0.05) is 12.5 Å².